The maximum Gasteiger partial charge on any atom is 0.347 e. The molecule has 5 nitrogen and oxygen atoms in total. The standard InChI is InChI=1S/C13H14BrN3O2/c1-15-10(18)16-7-3-4-8(17(16)11(15)19)13-6-2-5-12(7,13)9(13)14/h3-4,7-9H,2,5-6H2,1H3/t7-,8-,9?,12-,13+/m0/s1. The van der Waals surface area contributed by atoms with Crippen molar-refractivity contribution in [2.75, 3.05) is 0 Å². The second-order valence-electron chi connectivity index (χ2n) is 6.38. The lowest BCUT2D eigenvalue weighted by Crippen LogP contribution is -2.47. The van der Waals surface area contributed by atoms with Gasteiger partial charge in [-0.1, -0.05) is 34.5 Å². The molecule has 3 aliphatic carbocycles. The van der Waals surface area contributed by atoms with Gasteiger partial charge in [0.1, 0.15) is 0 Å². The first-order valence-electron chi connectivity index (χ1n) is 6.80. The zero-order valence-corrected chi connectivity index (χ0v) is 12.1. The van der Waals surface area contributed by atoms with E-state index in [1.165, 1.54) is 11.0 Å². The van der Waals surface area contributed by atoms with Crippen molar-refractivity contribution in [1.29, 1.82) is 0 Å². The van der Waals surface area contributed by atoms with E-state index in [-0.39, 0.29) is 34.3 Å². The molecule has 6 rings (SSSR count). The predicted octanol–water partition coefficient (Wildman–Crippen LogP) is 0.948. The Balaban J connectivity index is 1.92. The molecule has 3 heterocycles. The van der Waals surface area contributed by atoms with Gasteiger partial charge in [0.2, 0.25) is 0 Å². The third-order valence-corrected chi connectivity index (χ3v) is 7.76. The number of aromatic nitrogens is 3. The average molecular weight is 324 g/mol. The first-order chi connectivity index (χ1) is 9.07. The fourth-order valence-corrected chi connectivity index (χ4v) is 7.09. The van der Waals surface area contributed by atoms with Gasteiger partial charge in [0.05, 0.1) is 12.1 Å². The molecule has 5 atom stereocenters. The number of halogens is 1. The van der Waals surface area contributed by atoms with Crippen LogP contribution in [0.1, 0.15) is 31.3 Å². The summed E-state index contributed by atoms with van der Waals surface area (Å²) in [6, 6.07) is 0.0940. The van der Waals surface area contributed by atoms with Gasteiger partial charge in [-0.05, 0) is 12.8 Å². The fourth-order valence-electron chi connectivity index (χ4n) is 5.37. The Hall–Kier alpha value is -1.04. The normalized spacial score (nSPS) is 48.0. The van der Waals surface area contributed by atoms with E-state index in [4.69, 9.17) is 0 Å². The van der Waals surface area contributed by atoms with E-state index in [9.17, 15) is 9.59 Å². The number of hydrogen-bond donors (Lipinski definition) is 0. The smallest absolute Gasteiger partial charge is 0.246 e. The lowest BCUT2D eigenvalue weighted by molar-refractivity contribution is 0.122. The van der Waals surface area contributed by atoms with Crippen molar-refractivity contribution in [2.45, 2.75) is 36.2 Å². The molecule has 0 aromatic carbocycles. The van der Waals surface area contributed by atoms with E-state index >= 15 is 0 Å². The molecule has 0 spiro atoms. The quantitative estimate of drug-likeness (QED) is 0.527. The minimum Gasteiger partial charge on any atom is -0.246 e. The third-order valence-electron chi connectivity index (χ3n) is 6.12. The Morgan fingerprint density at radius 2 is 1.58 bits per heavy atom. The van der Waals surface area contributed by atoms with Gasteiger partial charge in [0.15, 0.2) is 0 Å². The predicted molar refractivity (Wildman–Crippen MR) is 72.6 cm³/mol. The van der Waals surface area contributed by atoms with Crippen LogP contribution in [0.3, 0.4) is 0 Å². The van der Waals surface area contributed by atoms with Gasteiger partial charge in [-0.15, -0.1) is 0 Å². The van der Waals surface area contributed by atoms with E-state index in [2.05, 4.69) is 28.1 Å². The van der Waals surface area contributed by atoms with Crippen LogP contribution < -0.4 is 11.4 Å². The Morgan fingerprint density at radius 3 is 2.05 bits per heavy atom. The summed E-state index contributed by atoms with van der Waals surface area (Å²) in [7, 11) is 1.57. The van der Waals surface area contributed by atoms with Crippen LogP contribution in [0, 0.1) is 10.8 Å². The van der Waals surface area contributed by atoms with Crippen molar-refractivity contribution in [3.8, 4) is 0 Å². The summed E-state index contributed by atoms with van der Waals surface area (Å²) in [5, 5.41) is 0. The number of nitrogens with zero attached hydrogens (tertiary/aromatic N) is 3. The summed E-state index contributed by atoms with van der Waals surface area (Å²) in [6.07, 6.45) is 7.82. The number of alkyl halides is 1. The highest BCUT2D eigenvalue weighted by molar-refractivity contribution is 9.09. The summed E-state index contributed by atoms with van der Waals surface area (Å²) in [6.45, 7) is 0. The fraction of sp³-hybridized carbons (Fsp3) is 0.692. The zero-order valence-electron chi connectivity index (χ0n) is 10.5. The van der Waals surface area contributed by atoms with Crippen molar-refractivity contribution < 1.29 is 0 Å². The van der Waals surface area contributed by atoms with Crippen molar-refractivity contribution in [2.24, 2.45) is 17.9 Å². The molecule has 0 amide bonds. The average Bonchev–Trinajstić information content (AvgIpc) is 2.75. The van der Waals surface area contributed by atoms with Gasteiger partial charge in [-0.2, -0.15) is 0 Å². The minimum atomic E-state index is -0.175. The van der Waals surface area contributed by atoms with Crippen LogP contribution in [-0.2, 0) is 7.05 Å². The molecule has 0 radical (unpaired) electrons. The Kier molecular flexibility index (Phi) is 1.53. The molecule has 19 heavy (non-hydrogen) atoms. The maximum absolute atomic E-state index is 12.3. The topological polar surface area (TPSA) is 48.9 Å². The Morgan fingerprint density at radius 1 is 1.11 bits per heavy atom. The second kappa shape index (κ2) is 2.71. The first-order valence-corrected chi connectivity index (χ1v) is 7.71. The highest BCUT2D eigenvalue weighted by Gasteiger charge is 2.85. The first kappa shape index (κ1) is 10.7. The van der Waals surface area contributed by atoms with Crippen LogP contribution in [0.25, 0.3) is 0 Å². The molecule has 1 aromatic heterocycles. The SMILES string of the molecule is Cn1c(=O)n2n(c1=O)[C@H]1C=C[C@H]2[C@@]23CCC[C@@]12C3Br. The van der Waals surface area contributed by atoms with Crippen LogP contribution in [-0.4, -0.2) is 18.8 Å². The Bertz CT molecular complexity index is 712. The van der Waals surface area contributed by atoms with Crippen LogP contribution in [0.15, 0.2) is 21.7 Å². The summed E-state index contributed by atoms with van der Waals surface area (Å²) in [5.41, 5.74) is -0.00898. The summed E-state index contributed by atoms with van der Waals surface area (Å²) < 4.78 is 4.65. The highest BCUT2D eigenvalue weighted by atomic mass is 79.9. The van der Waals surface area contributed by atoms with Gasteiger partial charge in [0.25, 0.3) is 0 Å². The largest absolute Gasteiger partial charge is 0.347 e. The van der Waals surface area contributed by atoms with E-state index in [1.54, 1.807) is 16.4 Å². The van der Waals surface area contributed by atoms with Crippen LogP contribution in [0.2, 0.25) is 0 Å². The van der Waals surface area contributed by atoms with Gasteiger partial charge in [-0.25, -0.2) is 23.5 Å². The van der Waals surface area contributed by atoms with Crippen LogP contribution in [0.4, 0.5) is 0 Å². The van der Waals surface area contributed by atoms with Gasteiger partial charge >= 0.3 is 11.4 Å². The number of hydrogen-bond acceptors (Lipinski definition) is 2. The van der Waals surface area contributed by atoms with Gasteiger partial charge in [0, 0.05) is 22.7 Å². The van der Waals surface area contributed by atoms with Crippen molar-refractivity contribution in [3.05, 3.63) is 33.1 Å². The molecular formula is C13H14BrN3O2. The van der Waals surface area contributed by atoms with Gasteiger partial charge in [-0.3, -0.25) is 0 Å². The molecule has 1 unspecified atom stereocenters. The number of allylic oxidation sites excluding steroid dienone is 2. The van der Waals surface area contributed by atoms with E-state index < -0.39 is 0 Å². The minimum absolute atomic E-state index is 0.0470. The molecule has 2 saturated carbocycles. The molecule has 1 aromatic rings. The zero-order chi connectivity index (χ0) is 13.2. The molecule has 100 valence electrons. The second-order valence-corrected chi connectivity index (χ2v) is 7.30. The number of rotatable bonds is 0. The summed E-state index contributed by atoms with van der Waals surface area (Å²) >= 11 is 3.85. The van der Waals surface area contributed by atoms with Crippen molar-refractivity contribution >= 4 is 15.9 Å². The molecule has 0 saturated heterocycles. The molecule has 0 N–H and O–H groups in total. The molecule has 2 aliphatic heterocycles. The van der Waals surface area contributed by atoms with Crippen molar-refractivity contribution in [1.82, 2.24) is 13.9 Å². The van der Waals surface area contributed by atoms with Gasteiger partial charge < -0.3 is 0 Å². The van der Waals surface area contributed by atoms with E-state index in [0.29, 0.717) is 4.83 Å². The molecule has 2 fully saturated rings. The maximum atomic E-state index is 12.3. The Labute approximate surface area is 117 Å². The van der Waals surface area contributed by atoms with E-state index in [1.807, 2.05) is 0 Å². The highest BCUT2D eigenvalue weighted by Crippen LogP contribution is 2.86. The van der Waals surface area contributed by atoms with E-state index in [0.717, 1.165) is 12.8 Å². The molecule has 6 heteroatoms. The van der Waals surface area contributed by atoms with Crippen molar-refractivity contribution in [3.63, 3.8) is 0 Å². The summed E-state index contributed by atoms with van der Waals surface area (Å²) in [5.74, 6) is 0. The third kappa shape index (κ3) is 0.754. The van der Waals surface area contributed by atoms with Crippen LogP contribution >= 0.6 is 15.9 Å². The molecule has 2 bridgehead atoms. The lowest BCUT2D eigenvalue weighted by Gasteiger charge is -2.41. The summed E-state index contributed by atoms with van der Waals surface area (Å²) in [4.78, 5) is 25.1. The van der Waals surface area contributed by atoms with Crippen LogP contribution in [0.5, 0.6) is 0 Å². The molecule has 5 aliphatic rings. The molecular weight excluding hydrogens is 310 g/mol. The monoisotopic (exact) mass is 323 g/mol. The lowest BCUT2D eigenvalue weighted by atomic mass is 9.77.